The summed E-state index contributed by atoms with van der Waals surface area (Å²) in [4.78, 5) is 2.33. The molecule has 1 fully saturated rings. The average molecular weight is 234 g/mol. The molecule has 1 unspecified atom stereocenters. The second kappa shape index (κ2) is 6.15. The summed E-state index contributed by atoms with van der Waals surface area (Å²) in [5, 5.41) is 0. The molecule has 1 heterocycles. The summed E-state index contributed by atoms with van der Waals surface area (Å²) in [6, 6.07) is 11.2. The third-order valence-electron chi connectivity index (χ3n) is 3.39. The van der Waals surface area contributed by atoms with E-state index in [1.54, 1.807) is 0 Å². The number of nitrogens with two attached hydrogens (primary N) is 1. The van der Waals surface area contributed by atoms with Crippen LogP contribution in [0.4, 0.5) is 0 Å². The molecule has 94 valence electrons. The minimum Gasteiger partial charge on any atom is -0.380 e. The zero-order valence-corrected chi connectivity index (χ0v) is 10.5. The van der Waals surface area contributed by atoms with Crippen molar-refractivity contribution in [1.82, 2.24) is 4.90 Å². The highest BCUT2D eigenvalue weighted by Gasteiger charge is 2.21. The number of hydrogen-bond donors (Lipinski definition) is 1. The first-order chi connectivity index (χ1) is 8.25. The second-order valence-electron chi connectivity index (χ2n) is 4.91. The van der Waals surface area contributed by atoms with E-state index in [2.05, 4.69) is 36.2 Å². The monoisotopic (exact) mass is 234 g/mol. The quantitative estimate of drug-likeness (QED) is 0.834. The van der Waals surface area contributed by atoms with E-state index in [1.165, 1.54) is 5.56 Å². The van der Waals surface area contributed by atoms with Crippen LogP contribution in [0.1, 0.15) is 12.0 Å². The Balaban J connectivity index is 1.78. The molecule has 0 aromatic heterocycles. The maximum atomic E-state index is 6.19. The van der Waals surface area contributed by atoms with Gasteiger partial charge in [-0.15, -0.1) is 0 Å². The first-order valence-corrected chi connectivity index (χ1v) is 6.33. The predicted molar refractivity (Wildman–Crippen MR) is 70.0 cm³/mol. The zero-order valence-electron chi connectivity index (χ0n) is 10.5. The number of ether oxygens (including phenoxy) is 1. The fourth-order valence-corrected chi connectivity index (χ4v) is 2.37. The number of nitrogens with zero attached hydrogens (tertiary/aromatic N) is 1. The van der Waals surface area contributed by atoms with Crippen LogP contribution in [0.3, 0.4) is 0 Å². The molecular formula is C14H22N2O. The van der Waals surface area contributed by atoms with Crippen LogP contribution in [0, 0.1) is 0 Å². The van der Waals surface area contributed by atoms with Crippen molar-refractivity contribution >= 4 is 0 Å². The van der Waals surface area contributed by atoms with Gasteiger partial charge in [0.25, 0.3) is 0 Å². The van der Waals surface area contributed by atoms with Crippen LogP contribution < -0.4 is 5.73 Å². The van der Waals surface area contributed by atoms with Gasteiger partial charge in [-0.1, -0.05) is 30.3 Å². The van der Waals surface area contributed by atoms with Crippen LogP contribution in [0.2, 0.25) is 0 Å². The summed E-state index contributed by atoms with van der Waals surface area (Å²) < 4.78 is 5.40. The van der Waals surface area contributed by atoms with Gasteiger partial charge in [0.05, 0.1) is 6.61 Å². The average Bonchev–Trinajstić information content (AvgIpc) is 2.83. The lowest BCUT2D eigenvalue weighted by molar-refractivity contribution is 0.156. The van der Waals surface area contributed by atoms with Crippen LogP contribution in [-0.4, -0.2) is 43.8 Å². The predicted octanol–water partition coefficient (Wildman–Crippen LogP) is 1.28. The van der Waals surface area contributed by atoms with Gasteiger partial charge in [0.1, 0.15) is 0 Å². The molecule has 0 spiro atoms. The molecule has 3 nitrogen and oxygen atoms in total. The molecule has 0 radical (unpaired) electrons. The molecule has 0 aliphatic carbocycles. The molecule has 1 saturated heterocycles. The first-order valence-electron chi connectivity index (χ1n) is 6.33. The molecule has 1 aliphatic heterocycles. The minimum absolute atomic E-state index is 0.197. The van der Waals surface area contributed by atoms with Crippen molar-refractivity contribution in [3.63, 3.8) is 0 Å². The highest BCUT2D eigenvalue weighted by molar-refractivity contribution is 5.15. The maximum Gasteiger partial charge on any atom is 0.0622 e. The van der Waals surface area contributed by atoms with E-state index in [4.69, 9.17) is 10.5 Å². The van der Waals surface area contributed by atoms with Crippen molar-refractivity contribution in [2.75, 3.05) is 26.8 Å². The molecule has 0 amide bonds. The molecule has 1 aromatic rings. The van der Waals surface area contributed by atoms with Gasteiger partial charge >= 0.3 is 0 Å². The Hall–Kier alpha value is -0.900. The van der Waals surface area contributed by atoms with E-state index in [0.717, 1.165) is 32.6 Å². The summed E-state index contributed by atoms with van der Waals surface area (Å²) in [5.41, 5.74) is 7.51. The van der Waals surface area contributed by atoms with Crippen LogP contribution in [0.5, 0.6) is 0 Å². The topological polar surface area (TPSA) is 38.5 Å². The Kier molecular flexibility index (Phi) is 4.54. The van der Waals surface area contributed by atoms with Crippen molar-refractivity contribution in [3.05, 3.63) is 35.9 Å². The largest absolute Gasteiger partial charge is 0.380 e. The van der Waals surface area contributed by atoms with Crippen LogP contribution >= 0.6 is 0 Å². The van der Waals surface area contributed by atoms with Gasteiger partial charge < -0.3 is 10.5 Å². The lowest BCUT2D eigenvalue weighted by Crippen LogP contribution is -2.42. The summed E-state index contributed by atoms with van der Waals surface area (Å²) in [6.07, 6.45) is 2.08. The zero-order chi connectivity index (χ0) is 12.1. The molecule has 2 rings (SSSR count). The van der Waals surface area contributed by atoms with Crippen molar-refractivity contribution < 1.29 is 4.74 Å². The molecule has 2 atom stereocenters. The minimum atomic E-state index is 0.197. The molecule has 1 aromatic carbocycles. The fourth-order valence-electron chi connectivity index (χ4n) is 2.37. The van der Waals surface area contributed by atoms with Crippen molar-refractivity contribution in [2.45, 2.75) is 24.9 Å². The third kappa shape index (κ3) is 3.80. The molecule has 1 aliphatic rings. The van der Waals surface area contributed by atoms with Gasteiger partial charge in [0, 0.05) is 25.2 Å². The summed E-state index contributed by atoms with van der Waals surface area (Å²) in [5.74, 6) is 0. The standard InChI is InChI=1S/C14H22N2O/c1-16(14-7-8-17-11-14)10-13(15)9-12-5-3-2-4-6-12/h2-6,13-14H,7-11,15H2,1H3/t13-,14?/m1/s1. The van der Waals surface area contributed by atoms with Gasteiger partial charge in [0.2, 0.25) is 0 Å². The van der Waals surface area contributed by atoms with Crippen molar-refractivity contribution in [3.8, 4) is 0 Å². The van der Waals surface area contributed by atoms with Crippen molar-refractivity contribution in [1.29, 1.82) is 0 Å². The van der Waals surface area contributed by atoms with Crippen molar-refractivity contribution in [2.24, 2.45) is 5.73 Å². The molecule has 0 saturated carbocycles. The molecule has 17 heavy (non-hydrogen) atoms. The smallest absolute Gasteiger partial charge is 0.0622 e. The van der Waals surface area contributed by atoms with Gasteiger partial charge in [-0.25, -0.2) is 0 Å². The lowest BCUT2D eigenvalue weighted by atomic mass is 10.1. The van der Waals surface area contributed by atoms with E-state index >= 15 is 0 Å². The third-order valence-corrected chi connectivity index (χ3v) is 3.39. The molecule has 0 bridgehead atoms. The Bertz CT molecular complexity index is 322. The Morgan fingerprint density at radius 3 is 2.82 bits per heavy atom. The summed E-state index contributed by atoms with van der Waals surface area (Å²) in [6.45, 7) is 2.68. The van der Waals surface area contributed by atoms with E-state index in [0.29, 0.717) is 6.04 Å². The normalized spacial score (nSPS) is 21.9. The summed E-state index contributed by atoms with van der Waals surface area (Å²) in [7, 11) is 2.14. The molecular weight excluding hydrogens is 212 g/mol. The van der Waals surface area contributed by atoms with E-state index < -0.39 is 0 Å². The van der Waals surface area contributed by atoms with Gasteiger partial charge in [-0.05, 0) is 25.5 Å². The molecule has 3 heteroatoms. The lowest BCUT2D eigenvalue weighted by Gasteiger charge is -2.26. The molecule has 2 N–H and O–H groups in total. The van der Waals surface area contributed by atoms with Crippen LogP contribution in [0.15, 0.2) is 30.3 Å². The maximum absolute atomic E-state index is 6.19. The number of benzene rings is 1. The number of hydrogen-bond acceptors (Lipinski definition) is 3. The van der Waals surface area contributed by atoms with Gasteiger partial charge in [-0.3, -0.25) is 4.90 Å². The Morgan fingerprint density at radius 1 is 1.41 bits per heavy atom. The van der Waals surface area contributed by atoms with Crippen LogP contribution in [-0.2, 0) is 11.2 Å². The fraction of sp³-hybridized carbons (Fsp3) is 0.571. The highest BCUT2D eigenvalue weighted by atomic mass is 16.5. The van der Waals surface area contributed by atoms with E-state index in [1.807, 2.05) is 6.07 Å². The Labute approximate surface area is 104 Å². The highest BCUT2D eigenvalue weighted by Crippen LogP contribution is 2.11. The first kappa shape index (κ1) is 12.6. The van der Waals surface area contributed by atoms with E-state index in [9.17, 15) is 0 Å². The number of likely N-dealkylation sites (N-methyl/N-ethyl adjacent to an activating group) is 1. The SMILES string of the molecule is CN(C[C@H](N)Cc1ccccc1)C1CCOC1. The second-order valence-corrected chi connectivity index (χ2v) is 4.91. The Morgan fingerprint density at radius 2 is 2.18 bits per heavy atom. The van der Waals surface area contributed by atoms with Crippen LogP contribution in [0.25, 0.3) is 0 Å². The summed E-state index contributed by atoms with van der Waals surface area (Å²) >= 11 is 0. The van der Waals surface area contributed by atoms with Gasteiger partial charge in [-0.2, -0.15) is 0 Å². The van der Waals surface area contributed by atoms with E-state index in [-0.39, 0.29) is 6.04 Å². The van der Waals surface area contributed by atoms with Gasteiger partial charge in [0.15, 0.2) is 0 Å². The number of rotatable bonds is 5.